The molecule has 1 nitrogen and oxygen atoms in total. The minimum Gasteiger partial charge on any atom is -0.259 e. The maximum absolute atomic E-state index is 4.55. The van der Waals surface area contributed by atoms with Crippen LogP contribution in [0.25, 0.3) is 0 Å². The molecule has 1 rings (SSSR count). The Labute approximate surface area is 94.0 Å². The van der Waals surface area contributed by atoms with E-state index >= 15 is 0 Å². The van der Waals surface area contributed by atoms with Crippen LogP contribution in [-0.2, 0) is 0 Å². The third-order valence-electron chi connectivity index (χ3n) is 3.04. The lowest BCUT2D eigenvalue weighted by molar-refractivity contribution is 0.368. The second-order valence-corrected chi connectivity index (χ2v) is 4.52. The minimum absolute atomic E-state index is 0.839. The van der Waals surface area contributed by atoms with Crippen LogP contribution in [0.1, 0.15) is 53.4 Å². The van der Waals surface area contributed by atoms with E-state index in [2.05, 4.69) is 44.8 Å². The molecule has 1 saturated carbocycles. The van der Waals surface area contributed by atoms with Gasteiger partial charge < -0.3 is 0 Å². The fourth-order valence-corrected chi connectivity index (χ4v) is 1.96. The zero-order valence-electron chi connectivity index (χ0n) is 10.5. The maximum atomic E-state index is 4.55. The molecule has 1 aliphatic carbocycles. The molecule has 0 unspecified atom stereocenters. The summed E-state index contributed by atoms with van der Waals surface area (Å²) in [5, 5.41) is 0. The molecule has 1 heteroatoms. The lowest BCUT2D eigenvalue weighted by atomic mass is 9.80. The van der Waals surface area contributed by atoms with Crippen molar-refractivity contribution in [2.45, 2.75) is 53.4 Å². The summed E-state index contributed by atoms with van der Waals surface area (Å²) < 4.78 is 0. The van der Waals surface area contributed by atoms with Gasteiger partial charge in [-0.05, 0) is 52.0 Å². The van der Waals surface area contributed by atoms with Crippen molar-refractivity contribution in [1.82, 2.24) is 0 Å². The molecule has 0 radical (unpaired) electrons. The molecule has 1 aliphatic rings. The molecule has 1 fully saturated rings. The van der Waals surface area contributed by atoms with Gasteiger partial charge in [0.1, 0.15) is 0 Å². The van der Waals surface area contributed by atoms with E-state index in [1.807, 2.05) is 0 Å². The summed E-state index contributed by atoms with van der Waals surface area (Å²) in [4.78, 5) is 4.55. The van der Waals surface area contributed by atoms with Gasteiger partial charge in [-0.2, -0.15) is 0 Å². The number of allylic oxidation sites excluding steroid dienone is 4. The lowest BCUT2D eigenvalue weighted by Crippen LogP contribution is -2.12. The van der Waals surface area contributed by atoms with E-state index in [4.69, 9.17) is 0 Å². The Morgan fingerprint density at radius 3 is 2.40 bits per heavy atom. The third-order valence-corrected chi connectivity index (χ3v) is 3.04. The fraction of sp³-hybridized carbons (Fsp3) is 0.643. The van der Waals surface area contributed by atoms with Crippen LogP contribution < -0.4 is 0 Å². The molecule has 0 aliphatic heterocycles. The Hall–Kier alpha value is -0.850. The Bertz CT molecular complexity index is 290. The summed E-state index contributed by atoms with van der Waals surface area (Å²) in [6.07, 6.45) is 9.63. The summed E-state index contributed by atoms with van der Waals surface area (Å²) in [6, 6.07) is 0. The highest BCUT2D eigenvalue weighted by Crippen LogP contribution is 2.32. The van der Waals surface area contributed by atoms with Gasteiger partial charge in [0.05, 0.1) is 0 Å². The minimum atomic E-state index is 0.839. The van der Waals surface area contributed by atoms with Crippen LogP contribution in [0.3, 0.4) is 0 Å². The van der Waals surface area contributed by atoms with Crippen LogP contribution in [0.15, 0.2) is 28.4 Å². The summed E-state index contributed by atoms with van der Waals surface area (Å²) >= 11 is 0. The molecular formula is C14H23N. The first-order chi connectivity index (χ1) is 7.13. The van der Waals surface area contributed by atoms with E-state index in [0.29, 0.717) is 0 Å². The van der Waals surface area contributed by atoms with Crippen molar-refractivity contribution in [3.05, 3.63) is 23.4 Å². The molecule has 0 aromatic heterocycles. The van der Waals surface area contributed by atoms with Crippen molar-refractivity contribution in [1.29, 1.82) is 0 Å². The Balaban J connectivity index is 2.59. The second kappa shape index (κ2) is 5.89. The van der Waals surface area contributed by atoms with E-state index < -0.39 is 0 Å². The molecule has 0 heterocycles. The summed E-state index contributed by atoms with van der Waals surface area (Å²) in [5.41, 5.74) is 3.78. The molecule has 0 aromatic carbocycles. The van der Waals surface area contributed by atoms with Crippen molar-refractivity contribution < 1.29 is 0 Å². The van der Waals surface area contributed by atoms with Gasteiger partial charge >= 0.3 is 0 Å². The van der Waals surface area contributed by atoms with Crippen molar-refractivity contribution >= 4 is 5.71 Å². The number of hydrogen-bond acceptors (Lipinski definition) is 1. The Morgan fingerprint density at radius 1 is 1.27 bits per heavy atom. The largest absolute Gasteiger partial charge is 0.259 e. The first kappa shape index (κ1) is 12.2. The molecule has 0 saturated heterocycles. The first-order valence-corrected chi connectivity index (χ1v) is 6.03. The van der Waals surface area contributed by atoms with Gasteiger partial charge in [0.2, 0.25) is 0 Å². The van der Waals surface area contributed by atoms with Gasteiger partial charge in [0.25, 0.3) is 0 Å². The van der Waals surface area contributed by atoms with Crippen molar-refractivity contribution in [3.8, 4) is 0 Å². The highest BCUT2D eigenvalue weighted by Gasteiger charge is 2.18. The van der Waals surface area contributed by atoms with Gasteiger partial charge in [0, 0.05) is 11.4 Å². The zero-order chi connectivity index (χ0) is 11.3. The molecule has 0 amide bonds. The topological polar surface area (TPSA) is 12.4 Å². The summed E-state index contributed by atoms with van der Waals surface area (Å²) in [7, 11) is 0. The molecule has 0 spiro atoms. The van der Waals surface area contributed by atoms with Gasteiger partial charge in [-0.3, -0.25) is 4.99 Å². The normalized spacial score (nSPS) is 20.4. The zero-order valence-corrected chi connectivity index (χ0v) is 10.5. The predicted octanol–water partition coefficient (Wildman–Crippen LogP) is 4.51. The van der Waals surface area contributed by atoms with Crippen LogP contribution in [0, 0.1) is 5.92 Å². The van der Waals surface area contributed by atoms with Crippen molar-refractivity contribution in [2.75, 3.05) is 0 Å². The van der Waals surface area contributed by atoms with Gasteiger partial charge in [0.15, 0.2) is 0 Å². The Morgan fingerprint density at radius 2 is 1.93 bits per heavy atom. The maximum Gasteiger partial charge on any atom is 0.0375 e. The molecule has 0 aromatic rings. The molecule has 0 atom stereocenters. The summed E-state index contributed by atoms with van der Waals surface area (Å²) in [6.45, 7) is 8.54. The van der Waals surface area contributed by atoms with E-state index in [1.165, 1.54) is 24.8 Å². The van der Waals surface area contributed by atoms with Crippen molar-refractivity contribution in [2.24, 2.45) is 10.9 Å². The standard InChI is InChI=1S/C14H23N/c1-5-7-12(3)15-13(4)10-11(2)14-8-6-9-14/h7,10,14H,5-6,8-9H2,1-4H3/b11-10+,12-7-,15-13-. The van der Waals surface area contributed by atoms with Gasteiger partial charge in [-0.15, -0.1) is 0 Å². The van der Waals surface area contributed by atoms with Crippen LogP contribution in [0.5, 0.6) is 0 Å². The number of rotatable bonds is 4. The molecule has 84 valence electrons. The lowest BCUT2D eigenvalue weighted by Gasteiger charge is -2.26. The Kier molecular flexibility index (Phi) is 4.80. The first-order valence-electron chi connectivity index (χ1n) is 6.03. The third kappa shape index (κ3) is 4.03. The molecule has 15 heavy (non-hydrogen) atoms. The van der Waals surface area contributed by atoms with E-state index in [1.54, 1.807) is 0 Å². The monoisotopic (exact) mass is 205 g/mol. The van der Waals surface area contributed by atoms with Gasteiger partial charge in [-0.25, -0.2) is 0 Å². The quantitative estimate of drug-likeness (QED) is 0.599. The highest BCUT2D eigenvalue weighted by atomic mass is 14.7. The van der Waals surface area contributed by atoms with Crippen LogP contribution in [0.2, 0.25) is 0 Å². The number of nitrogens with zero attached hydrogens (tertiary/aromatic N) is 1. The number of hydrogen-bond donors (Lipinski definition) is 0. The SMILES string of the molecule is CC\C=C(C)/N=C(C)\C=C(/C)C1CCC1. The van der Waals surface area contributed by atoms with Crippen LogP contribution in [-0.4, -0.2) is 5.71 Å². The molecular weight excluding hydrogens is 182 g/mol. The second-order valence-electron chi connectivity index (χ2n) is 4.52. The summed E-state index contributed by atoms with van der Waals surface area (Å²) in [5.74, 6) is 0.839. The highest BCUT2D eigenvalue weighted by molar-refractivity contribution is 5.94. The van der Waals surface area contributed by atoms with Gasteiger partial charge in [-0.1, -0.05) is 25.0 Å². The van der Waals surface area contributed by atoms with Crippen LogP contribution >= 0.6 is 0 Å². The smallest absolute Gasteiger partial charge is 0.0375 e. The average Bonchev–Trinajstić information content (AvgIpc) is 1.99. The number of aliphatic imine (C=N–C) groups is 1. The van der Waals surface area contributed by atoms with E-state index in [9.17, 15) is 0 Å². The average molecular weight is 205 g/mol. The molecule has 0 N–H and O–H groups in total. The fourth-order valence-electron chi connectivity index (χ4n) is 1.96. The predicted molar refractivity (Wildman–Crippen MR) is 68.3 cm³/mol. The molecule has 0 bridgehead atoms. The van der Waals surface area contributed by atoms with Crippen LogP contribution in [0.4, 0.5) is 0 Å². The van der Waals surface area contributed by atoms with E-state index in [-0.39, 0.29) is 0 Å². The van der Waals surface area contributed by atoms with Crippen molar-refractivity contribution in [3.63, 3.8) is 0 Å². The van der Waals surface area contributed by atoms with E-state index in [0.717, 1.165) is 23.7 Å².